The molecule has 24 heavy (non-hydrogen) atoms. The van der Waals surface area contributed by atoms with E-state index in [9.17, 15) is 4.39 Å². The van der Waals surface area contributed by atoms with E-state index in [2.05, 4.69) is 20.2 Å². The summed E-state index contributed by atoms with van der Waals surface area (Å²) in [5.74, 6) is 0.374. The SMILES string of the molecule is Fc1cc(CN2C[C@H]3CC[C@@H]2CN(Cc2cscn2)C3)ccc1Cl. The van der Waals surface area contributed by atoms with E-state index >= 15 is 0 Å². The molecule has 1 aromatic heterocycles. The molecule has 128 valence electrons. The van der Waals surface area contributed by atoms with Gasteiger partial charge in [0.2, 0.25) is 0 Å². The van der Waals surface area contributed by atoms with E-state index in [0.29, 0.717) is 12.0 Å². The van der Waals surface area contributed by atoms with Crippen LogP contribution in [-0.2, 0) is 13.1 Å². The molecule has 3 aliphatic rings. The number of benzene rings is 1. The van der Waals surface area contributed by atoms with Gasteiger partial charge in [0.25, 0.3) is 0 Å². The van der Waals surface area contributed by atoms with Gasteiger partial charge in [0, 0.05) is 44.1 Å². The molecule has 4 heterocycles. The molecule has 5 rings (SSSR count). The van der Waals surface area contributed by atoms with Crippen LogP contribution in [0.15, 0.2) is 29.1 Å². The Labute approximate surface area is 151 Å². The van der Waals surface area contributed by atoms with Crippen LogP contribution in [0.4, 0.5) is 4.39 Å². The molecule has 0 aliphatic carbocycles. The van der Waals surface area contributed by atoms with Crippen LogP contribution in [0.1, 0.15) is 24.1 Å². The summed E-state index contributed by atoms with van der Waals surface area (Å²) >= 11 is 7.46. The number of piperidine rings is 1. The molecule has 0 N–H and O–H groups in total. The molecule has 0 radical (unpaired) electrons. The van der Waals surface area contributed by atoms with E-state index in [0.717, 1.165) is 38.3 Å². The number of rotatable bonds is 4. The number of halogens is 2. The van der Waals surface area contributed by atoms with Crippen LogP contribution in [0.25, 0.3) is 0 Å². The smallest absolute Gasteiger partial charge is 0.142 e. The fraction of sp³-hybridized carbons (Fsp3) is 0.500. The topological polar surface area (TPSA) is 19.4 Å². The Morgan fingerprint density at radius 1 is 1.21 bits per heavy atom. The minimum absolute atomic E-state index is 0.200. The van der Waals surface area contributed by atoms with Crippen molar-refractivity contribution in [1.29, 1.82) is 0 Å². The van der Waals surface area contributed by atoms with Crippen LogP contribution >= 0.6 is 22.9 Å². The zero-order valence-corrected chi connectivity index (χ0v) is 15.1. The zero-order valence-electron chi connectivity index (χ0n) is 13.5. The first kappa shape index (κ1) is 16.5. The van der Waals surface area contributed by atoms with Gasteiger partial charge in [-0.25, -0.2) is 9.37 Å². The molecule has 1 aromatic carbocycles. The summed E-state index contributed by atoms with van der Waals surface area (Å²) in [6.45, 7) is 5.06. The van der Waals surface area contributed by atoms with Gasteiger partial charge in [-0.3, -0.25) is 9.80 Å². The van der Waals surface area contributed by atoms with Crippen molar-refractivity contribution in [2.45, 2.75) is 32.0 Å². The van der Waals surface area contributed by atoms with Crippen molar-refractivity contribution >= 4 is 22.9 Å². The van der Waals surface area contributed by atoms with E-state index in [1.807, 2.05) is 11.6 Å². The van der Waals surface area contributed by atoms with Crippen molar-refractivity contribution in [2.24, 2.45) is 5.92 Å². The third-order valence-corrected chi connectivity index (χ3v) is 6.08. The van der Waals surface area contributed by atoms with E-state index < -0.39 is 0 Å². The Hall–Kier alpha value is -1.01. The van der Waals surface area contributed by atoms with Crippen molar-refractivity contribution in [3.63, 3.8) is 0 Å². The second kappa shape index (κ2) is 7.08. The number of hydrogen-bond donors (Lipinski definition) is 0. The molecule has 3 aliphatic heterocycles. The van der Waals surface area contributed by atoms with Crippen LogP contribution in [-0.4, -0.2) is 40.5 Å². The number of fused-ring (bicyclic) bond motifs is 4. The van der Waals surface area contributed by atoms with Gasteiger partial charge in [0.05, 0.1) is 16.2 Å². The first-order valence-electron chi connectivity index (χ1n) is 8.45. The van der Waals surface area contributed by atoms with Crippen LogP contribution in [0.2, 0.25) is 5.02 Å². The van der Waals surface area contributed by atoms with Gasteiger partial charge >= 0.3 is 0 Å². The van der Waals surface area contributed by atoms with E-state index in [-0.39, 0.29) is 10.8 Å². The van der Waals surface area contributed by atoms with Crippen molar-refractivity contribution in [1.82, 2.24) is 14.8 Å². The molecule has 3 fully saturated rings. The van der Waals surface area contributed by atoms with Crippen LogP contribution in [0.3, 0.4) is 0 Å². The van der Waals surface area contributed by atoms with Gasteiger partial charge in [0.15, 0.2) is 0 Å². The molecule has 0 saturated carbocycles. The molecule has 6 heteroatoms. The van der Waals surface area contributed by atoms with Crippen molar-refractivity contribution < 1.29 is 4.39 Å². The Bertz CT molecular complexity index is 694. The lowest BCUT2D eigenvalue weighted by Crippen LogP contribution is -2.43. The average Bonchev–Trinajstić information content (AvgIpc) is 2.92. The number of thiazole rings is 1. The maximum Gasteiger partial charge on any atom is 0.142 e. The minimum atomic E-state index is -0.320. The fourth-order valence-corrected chi connectivity index (χ4v) is 4.68. The largest absolute Gasteiger partial charge is 0.296 e. The highest BCUT2D eigenvalue weighted by atomic mass is 35.5. The summed E-state index contributed by atoms with van der Waals surface area (Å²) in [6.07, 6.45) is 2.53. The van der Waals surface area contributed by atoms with Gasteiger partial charge in [-0.15, -0.1) is 11.3 Å². The summed E-state index contributed by atoms with van der Waals surface area (Å²) in [5, 5.41) is 2.34. The standard InChI is InChI=1S/C18H21ClFN3S/c19-17-4-2-13(5-18(17)20)7-23-8-14-1-3-16(23)10-22(6-14)9-15-11-24-12-21-15/h2,4-5,11-12,14,16H,1,3,6-10H2/t14-,16+/m0/s1. The van der Waals surface area contributed by atoms with Gasteiger partial charge in [0.1, 0.15) is 5.82 Å². The fourth-order valence-electron chi connectivity index (χ4n) is 4.02. The molecule has 2 bridgehead atoms. The molecule has 2 aromatic rings. The summed E-state index contributed by atoms with van der Waals surface area (Å²) in [4.78, 5) is 9.49. The average molecular weight is 366 g/mol. The van der Waals surface area contributed by atoms with Gasteiger partial charge in [-0.05, 0) is 36.5 Å². The highest BCUT2D eigenvalue weighted by molar-refractivity contribution is 7.07. The molecule has 0 unspecified atom stereocenters. The second-order valence-electron chi connectivity index (χ2n) is 6.95. The summed E-state index contributed by atoms with van der Waals surface area (Å²) in [6, 6.07) is 5.73. The van der Waals surface area contributed by atoms with Crippen molar-refractivity contribution in [3.8, 4) is 0 Å². The van der Waals surface area contributed by atoms with Crippen LogP contribution in [0, 0.1) is 11.7 Å². The monoisotopic (exact) mass is 365 g/mol. The third kappa shape index (κ3) is 3.64. The maximum absolute atomic E-state index is 13.7. The highest BCUT2D eigenvalue weighted by Crippen LogP contribution is 2.30. The molecule has 0 spiro atoms. The van der Waals surface area contributed by atoms with E-state index in [4.69, 9.17) is 11.6 Å². The zero-order chi connectivity index (χ0) is 16.5. The summed E-state index contributed by atoms with van der Waals surface area (Å²) in [7, 11) is 0. The lowest BCUT2D eigenvalue weighted by atomic mass is 9.94. The third-order valence-electron chi connectivity index (χ3n) is 5.14. The number of aromatic nitrogens is 1. The van der Waals surface area contributed by atoms with E-state index in [1.165, 1.54) is 18.5 Å². The Balaban J connectivity index is 1.45. The molecule has 0 amide bonds. The first-order valence-corrected chi connectivity index (χ1v) is 9.77. The lowest BCUT2D eigenvalue weighted by Gasteiger charge is -2.36. The second-order valence-corrected chi connectivity index (χ2v) is 8.07. The van der Waals surface area contributed by atoms with Gasteiger partial charge < -0.3 is 0 Å². The summed E-state index contributed by atoms with van der Waals surface area (Å²) in [5.41, 5.74) is 4.09. The van der Waals surface area contributed by atoms with Crippen molar-refractivity contribution in [3.05, 3.63) is 51.2 Å². The maximum atomic E-state index is 13.7. The highest BCUT2D eigenvalue weighted by Gasteiger charge is 2.34. The predicted octanol–water partition coefficient (Wildman–Crippen LogP) is 4.03. The predicted molar refractivity (Wildman–Crippen MR) is 95.7 cm³/mol. The Kier molecular flexibility index (Phi) is 4.86. The van der Waals surface area contributed by atoms with Crippen LogP contribution in [0.5, 0.6) is 0 Å². The lowest BCUT2D eigenvalue weighted by molar-refractivity contribution is 0.123. The quantitative estimate of drug-likeness (QED) is 0.815. The first-order chi connectivity index (χ1) is 11.7. The van der Waals surface area contributed by atoms with Crippen LogP contribution < -0.4 is 0 Å². The van der Waals surface area contributed by atoms with Gasteiger partial charge in [-0.1, -0.05) is 17.7 Å². The van der Waals surface area contributed by atoms with Gasteiger partial charge in [-0.2, -0.15) is 0 Å². The molecular weight excluding hydrogens is 345 g/mol. The van der Waals surface area contributed by atoms with E-state index in [1.54, 1.807) is 23.5 Å². The molecule has 3 saturated heterocycles. The molecule has 2 atom stereocenters. The molecule has 3 nitrogen and oxygen atoms in total. The number of nitrogens with zero attached hydrogens (tertiary/aromatic N) is 3. The van der Waals surface area contributed by atoms with Crippen molar-refractivity contribution in [2.75, 3.05) is 19.6 Å². The number of hydrogen-bond acceptors (Lipinski definition) is 4. The minimum Gasteiger partial charge on any atom is -0.296 e. The Morgan fingerprint density at radius 3 is 2.92 bits per heavy atom. The molecular formula is C18H21ClFN3S. The summed E-state index contributed by atoms with van der Waals surface area (Å²) < 4.78 is 13.7. The Morgan fingerprint density at radius 2 is 2.12 bits per heavy atom. The normalized spacial score (nSPS) is 25.1.